The molecule has 408 valence electrons. The lowest BCUT2D eigenvalue weighted by Gasteiger charge is -2.36. The average Bonchev–Trinajstić information content (AvgIpc) is 3.78. The second-order valence-electron chi connectivity index (χ2n) is 17.7. The first-order chi connectivity index (χ1) is 36.7. The number of carbonyl (C=O) groups is 4. The molecule has 0 radical (unpaired) electrons. The molecule has 3 heterocycles. The number of hydrazine groups is 1. The van der Waals surface area contributed by atoms with E-state index in [0.717, 1.165) is 11.3 Å². The number of benzene rings is 4. The minimum absolute atomic E-state index is 0.0570. The average molecular weight is 1060 g/mol. The van der Waals surface area contributed by atoms with Gasteiger partial charge in [0.1, 0.15) is 35.4 Å². The summed E-state index contributed by atoms with van der Waals surface area (Å²) in [5.74, 6) is 7.06. The molecule has 1 fully saturated rings. The minimum Gasteiger partial charge on any atom is -0.508 e. The van der Waals surface area contributed by atoms with Gasteiger partial charge in [0.05, 0.1) is 90.3 Å². The van der Waals surface area contributed by atoms with E-state index in [1.165, 1.54) is 35.3 Å². The summed E-state index contributed by atoms with van der Waals surface area (Å²) in [5.41, 5.74) is 7.79. The molecule has 1 spiro atoms. The van der Waals surface area contributed by atoms with Crippen LogP contribution >= 0.6 is 0 Å². The SMILES string of the molecule is C#CCCC(=O)NCC(=O)NCC(=O)Nc1ccc2c(c1)C(=O)OC21c2ccc(O)cc2Oc2cc(O)ccc21.C/C(N)=C/N(N)CCOCCOCCOCCOc1ccc(CCOC2CC(O)CC(CO)O2)cc1. The lowest BCUT2D eigenvalue weighted by atomic mass is 9.77. The minimum atomic E-state index is -1.42. The van der Waals surface area contributed by atoms with Crippen LogP contribution in [-0.2, 0) is 54.8 Å². The number of allylic oxidation sites excluding steroid dienone is 1. The van der Waals surface area contributed by atoms with E-state index in [0.29, 0.717) is 107 Å². The maximum atomic E-state index is 13.2. The van der Waals surface area contributed by atoms with Crippen LogP contribution in [0.2, 0.25) is 0 Å². The summed E-state index contributed by atoms with van der Waals surface area (Å²) in [6, 6.07) is 21.4. The van der Waals surface area contributed by atoms with Crippen LogP contribution in [0, 0.1) is 12.3 Å². The summed E-state index contributed by atoms with van der Waals surface area (Å²) in [6.45, 7) is 5.40. The molecule has 0 saturated carbocycles. The van der Waals surface area contributed by atoms with E-state index in [4.69, 9.17) is 55.9 Å². The Morgan fingerprint density at radius 3 is 2.08 bits per heavy atom. The first-order valence-corrected chi connectivity index (χ1v) is 24.6. The van der Waals surface area contributed by atoms with Gasteiger partial charge in [0.25, 0.3) is 0 Å². The quantitative estimate of drug-likeness (QED) is 0.0144. The van der Waals surface area contributed by atoms with Gasteiger partial charge in [0, 0.05) is 72.1 Å². The van der Waals surface area contributed by atoms with Crippen LogP contribution in [0.25, 0.3) is 0 Å². The second kappa shape index (κ2) is 29.0. The normalized spacial score (nSPS) is 16.8. The van der Waals surface area contributed by atoms with Crippen molar-refractivity contribution in [3.05, 3.63) is 119 Å². The van der Waals surface area contributed by atoms with Crippen molar-refractivity contribution in [1.82, 2.24) is 15.6 Å². The molecule has 3 atom stereocenters. The molecule has 3 unspecified atom stereocenters. The highest BCUT2D eigenvalue weighted by atomic mass is 16.7. The number of nitrogens with two attached hydrogens (primary N) is 2. The van der Waals surface area contributed by atoms with Gasteiger partial charge in [-0.15, -0.1) is 12.3 Å². The molecule has 3 aliphatic rings. The lowest BCUT2D eigenvalue weighted by Crippen LogP contribution is -2.40. The van der Waals surface area contributed by atoms with Gasteiger partial charge in [-0.1, -0.05) is 18.2 Å². The number of nitrogens with zero attached hydrogens (tertiary/aromatic N) is 1. The van der Waals surface area contributed by atoms with E-state index in [1.54, 1.807) is 37.4 Å². The molecule has 76 heavy (non-hydrogen) atoms. The largest absolute Gasteiger partial charge is 0.508 e. The van der Waals surface area contributed by atoms with Gasteiger partial charge in [-0.05, 0) is 67.4 Å². The number of anilines is 1. The number of phenols is 2. The van der Waals surface area contributed by atoms with E-state index >= 15 is 0 Å². The van der Waals surface area contributed by atoms with Crippen LogP contribution in [-0.4, -0.2) is 147 Å². The summed E-state index contributed by atoms with van der Waals surface area (Å²) in [7, 11) is 0. The fourth-order valence-corrected chi connectivity index (χ4v) is 8.17. The molecule has 22 heteroatoms. The Balaban J connectivity index is 0.000000248. The third-order valence-corrected chi connectivity index (χ3v) is 11.7. The molecule has 0 bridgehead atoms. The van der Waals surface area contributed by atoms with Crippen molar-refractivity contribution in [3.8, 4) is 41.1 Å². The zero-order valence-electron chi connectivity index (χ0n) is 42.2. The standard InChI is InChI=1S/C29H23N3O8.C25H43N3O8/c1-2-3-4-25(35)30-14-26(36)31-15-27(37)32-16-5-8-20-19(11-16)28(38)40-29(20)21-9-6-17(33)12-23(21)39-24-13-18(34)7-10-22(24)29;1-20(26)18-28(27)7-9-31-10-11-32-12-13-33-14-15-34-23-4-2-21(3-5-23)6-8-35-25-17-22(30)16-24(19-29)36-25/h1,5-13,33-34H,3-4,14-15H2,(H,30,35)(H,31,36)(H,32,37);2-5,18,22,24-25,29-30H,6-17,19,26-27H2,1H3/b;20-18-. The smallest absolute Gasteiger partial charge is 0.340 e. The number of amides is 3. The van der Waals surface area contributed by atoms with Gasteiger partial charge >= 0.3 is 5.97 Å². The molecule has 22 nitrogen and oxygen atoms in total. The molecule has 11 N–H and O–H groups in total. The van der Waals surface area contributed by atoms with Gasteiger partial charge in [-0.3, -0.25) is 14.4 Å². The maximum absolute atomic E-state index is 13.2. The van der Waals surface area contributed by atoms with Crippen molar-refractivity contribution < 1.29 is 77.5 Å². The van der Waals surface area contributed by atoms with E-state index in [2.05, 4.69) is 21.9 Å². The van der Waals surface area contributed by atoms with Gasteiger partial charge in [0.15, 0.2) is 11.9 Å². The van der Waals surface area contributed by atoms with Crippen molar-refractivity contribution in [2.45, 2.75) is 63.1 Å². The summed E-state index contributed by atoms with van der Waals surface area (Å²) >= 11 is 0. The number of aliphatic hydroxyl groups excluding tert-OH is 2. The maximum Gasteiger partial charge on any atom is 0.340 e. The van der Waals surface area contributed by atoms with E-state index < -0.39 is 35.8 Å². The number of phenolic OH excluding ortho intramolecular Hbond substituents is 2. The number of aliphatic hydroxyl groups is 2. The number of aromatic hydroxyl groups is 2. The highest BCUT2D eigenvalue weighted by molar-refractivity contribution is 6.00. The predicted molar refractivity (Wildman–Crippen MR) is 275 cm³/mol. The van der Waals surface area contributed by atoms with Crippen LogP contribution in [0.1, 0.15) is 65.2 Å². The van der Waals surface area contributed by atoms with Crippen LogP contribution in [0.15, 0.2) is 90.8 Å². The topological polar surface area (TPSA) is 314 Å². The Bertz CT molecular complexity index is 2610. The van der Waals surface area contributed by atoms with Crippen LogP contribution in [0.5, 0.6) is 28.7 Å². The number of hydrogen-bond donors (Lipinski definition) is 9. The fraction of sp³-hybridized carbons (Fsp3) is 0.407. The van der Waals surface area contributed by atoms with Crippen LogP contribution < -0.4 is 37.0 Å². The molecule has 3 aliphatic heterocycles. The zero-order chi connectivity index (χ0) is 54.5. The van der Waals surface area contributed by atoms with E-state index in [1.807, 2.05) is 24.3 Å². The van der Waals surface area contributed by atoms with E-state index in [9.17, 15) is 39.6 Å². The molecular formula is C54H66N6O16. The van der Waals surface area contributed by atoms with Crippen molar-refractivity contribution >= 4 is 29.4 Å². The lowest BCUT2D eigenvalue weighted by molar-refractivity contribution is -0.221. The highest BCUT2D eigenvalue weighted by Crippen LogP contribution is 2.57. The Labute approximate surface area is 440 Å². The van der Waals surface area contributed by atoms with Crippen LogP contribution in [0.3, 0.4) is 0 Å². The third-order valence-electron chi connectivity index (χ3n) is 11.7. The summed E-state index contributed by atoms with van der Waals surface area (Å²) < 4.78 is 45.3. The Morgan fingerprint density at radius 2 is 1.43 bits per heavy atom. The fourth-order valence-electron chi connectivity index (χ4n) is 8.17. The number of carbonyl (C=O) groups excluding carboxylic acids is 4. The van der Waals surface area contributed by atoms with Gasteiger partial charge < -0.3 is 85.0 Å². The van der Waals surface area contributed by atoms with Crippen LogP contribution in [0.4, 0.5) is 5.69 Å². The van der Waals surface area contributed by atoms with E-state index in [-0.39, 0.29) is 73.1 Å². The van der Waals surface area contributed by atoms with Crippen molar-refractivity contribution in [2.75, 3.05) is 84.4 Å². The van der Waals surface area contributed by atoms with Crippen molar-refractivity contribution in [2.24, 2.45) is 11.6 Å². The molecule has 0 aromatic heterocycles. The first kappa shape index (κ1) is 57.8. The zero-order valence-corrected chi connectivity index (χ0v) is 42.2. The summed E-state index contributed by atoms with van der Waals surface area (Å²) in [4.78, 5) is 49.1. The Kier molecular flexibility index (Phi) is 22.1. The van der Waals surface area contributed by atoms with Gasteiger partial charge in [-0.25, -0.2) is 10.6 Å². The Hall–Kier alpha value is -7.46. The van der Waals surface area contributed by atoms with Crippen molar-refractivity contribution in [1.29, 1.82) is 0 Å². The molecule has 4 aromatic carbocycles. The Morgan fingerprint density at radius 1 is 0.816 bits per heavy atom. The predicted octanol–water partition coefficient (Wildman–Crippen LogP) is 2.78. The molecule has 1 saturated heterocycles. The molecule has 0 aliphatic carbocycles. The number of rotatable bonds is 26. The molecule has 3 amide bonds. The second-order valence-corrected chi connectivity index (χ2v) is 17.7. The number of terminal acetylenes is 1. The van der Waals surface area contributed by atoms with Gasteiger partial charge in [-0.2, -0.15) is 0 Å². The highest BCUT2D eigenvalue weighted by Gasteiger charge is 2.53. The number of esters is 1. The summed E-state index contributed by atoms with van der Waals surface area (Å²) in [6.07, 6.45) is 7.34. The first-order valence-electron chi connectivity index (χ1n) is 24.6. The van der Waals surface area contributed by atoms with Crippen molar-refractivity contribution in [3.63, 3.8) is 0 Å². The number of ether oxygens (including phenoxy) is 8. The number of fused-ring (bicyclic) bond motifs is 6. The molecular weight excluding hydrogens is 989 g/mol. The third kappa shape index (κ3) is 17.0. The number of hydrogen-bond acceptors (Lipinski definition) is 19. The monoisotopic (exact) mass is 1050 g/mol. The van der Waals surface area contributed by atoms with Gasteiger partial charge in [0.2, 0.25) is 17.7 Å². The molecule has 7 rings (SSSR count). The number of nitrogens with one attached hydrogen (secondary N) is 3. The summed E-state index contributed by atoms with van der Waals surface area (Å²) in [5, 5.41) is 48.0. The molecule has 4 aromatic rings.